The fourth-order valence-electron chi connectivity index (χ4n) is 2.17. The van der Waals surface area contributed by atoms with E-state index >= 15 is 0 Å². The normalized spacial score (nSPS) is 11.7. The molecule has 2 aromatic rings. The third-order valence-electron chi connectivity index (χ3n) is 3.34. The van der Waals surface area contributed by atoms with Crippen molar-refractivity contribution in [3.8, 4) is 0 Å². The number of ether oxygens (including phenoxy) is 1. The number of urea groups is 1. The predicted molar refractivity (Wildman–Crippen MR) is 89.1 cm³/mol. The molecule has 0 aliphatic rings. The van der Waals surface area contributed by atoms with Crippen LogP contribution in [0.25, 0.3) is 0 Å². The number of carbonyl (C=O) groups is 1. The van der Waals surface area contributed by atoms with Crippen molar-refractivity contribution in [1.29, 1.82) is 0 Å². The average molecular weight is 314 g/mol. The minimum absolute atomic E-state index is 0.0653. The number of anilines is 1. The summed E-state index contributed by atoms with van der Waals surface area (Å²) in [7, 11) is 1.59. The number of methoxy groups -OCH3 is 1. The highest BCUT2D eigenvalue weighted by molar-refractivity contribution is 5.88. The summed E-state index contributed by atoms with van der Waals surface area (Å²) in [5.74, 6) is 0.458. The van der Waals surface area contributed by atoms with E-state index in [1.807, 2.05) is 25.1 Å². The summed E-state index contributed by atoms with van der Waals surface area (Å²) >= 11 is 0. The van der Waals surface area contributed by atoms with Gasteiger partial charge in [-0.05, 0) is 25.3 Å². The number of aryl methyl sites for hydroxylation is 1. The zero-order valence-corrected chi connectivity index (χ0v) is 13.5. The maximum atomic E-state index is 12.0. The first-order valence-corrected chi connectivity index (χ1v) is 7.58. The second kappa shape index (κ2) is 8.85. The van der Waals surface area contributed by atoms with E-state index in [0.29, 0.717) is 12.4 Å². The molecule has 1 unspecified atom stereocenters. The number of benzene rings is 1. The molecule has 1 heterocycles. The molecule has 0 saturated heterocycles. The van der Waals surface area contributed by atoms with E-state index in [1.54, 1.807) is 13.2 Å². The lowest BCUT2D eigenvalue weighted by atomic mass is 10.1. The molecular weight excluding hydrogens is 292 g/mol. The van der Waals surface area contributed by atoms with E-state index in [2.05, 4.69) is 32.7 Å². The zero-order chi connectivity index (χ0) is 16.5. The van der Waals surface area contributed by atoms with Crippen LogP contribution < -0.4 is 10.6 Å². The number of hydrogen-bond donors (Lipinski definition) is 2. The molecule has 2 N–H and O–H groups in total. The van der Waals surface area contributed by atoms with E-state index in [-0.39, 0.29) is 12.1 Å². The summed E-state index contributed by atoms with van der Waals surface area (Å²) in [6.45, 7) is 2.37. The number of amides is 2. The van der Waals surface area contributed by atoms with Gasteiger partial charge in [0.05, 0.1) is 12.3 Å². The van der Waals surface area contributed by atoms with Crippen molar-refractivity contribution in [3.63, 3.8) is 0 Å². The Balaban J connectivity index is 1.78. The molecule has 1 atom stereocenters. The second-order valence-electron chi connectivity index (χ2n) is 5.35. The Bertz CT molecular complexity index is 619. The van der Waals surface area contributed by atoms with Crippen molar-refractivity contribution < 1.29 is 9.53 Å². The minimum Gasteiger partial charge on any atom is -0.378 e. The van der Waals surface area contributed by atoms with E-state index in [1.165, 1.54) is 11.9 Å². The molecule has 0 aliphatic heterocycles. The Morgan fingerprint density at radius 1 is 1.26 bits per heavy atom. The molecule has 6 nitrogen and oxygen atoms in total. The van der Waals surface area contributed by atoms with Gasteiger partial charge >= 0.3 is 6.03 Å². The topological polar surface area (TPSA) is 76.1 Å². The van der Waals surface area contributed by atoms with E-state index in [0.717, 1.165) is 18.5 Å². The molecule has 122 valence electrons. The van der Waals surface area contributed by atoms with Crippen LogP contribution in [0.1, 0.15) is 24.6 Å². The number of hydrogen-bond acceptors (Lipinski definition) is 4. The first-order chi connectivity index (χ1) is 11.2. The minimum atomic E-state index is -0.271. The van der Waals surface area contributed by atoms with Crippen LogP contribution in [0.15, 0.2) is 42.7 Å². The van der Waals surface area contributed by atoms with Crippen LogP contribution in [-0.4, -0.2) is 29.2 Å². The van der Waals surface area contributed by atoms with Gasteiger partial charge in [0, 0.05) is 19.2 Å². The molecule has 1 aromatic carbocycles. The van der Waals surface area contributed by atoms with Gasteiger partial charge in [0.15, 0.2) is 0 Å². The summed E-state index contributed by atoms with van der Waals surface area (Å²) in [6, 6.07) is 11.7. The van der Waals surface area contributed by atoms with Crippen LogP contribution in [0.5, 0.6) is 0 Å². The van der Waals surface area contributed by atoms with Gasteiger partial charge < -0.3 is 10.1 Å². The number of nitrogens with zero attached hydrogens (tertiary/aromatic N) is 2. The molecule has 0 radical (unpaired) electrons. The van der Waals surface area contributed by atoms with Gasteiger partial charge in [0.1, 0.15) is 12.1 Å². The monoisotopic (exact) mass is 314 g/mol. The van der Waals surface area contributed by atoms with E-state index < -0.39 is 0 Å². The number of rotatable bonds is 7. The van der Waals surface area contributed by atoms with Crippen molar-refractivity contribution in [3.05, 3.63) is 54.0 Å². The summed E-state index contributed by atoms with van der Waals surface area (Å²) in [5, 5.41) is 5.62. The first-order valence-electron chi connectivity index (χ1n) is 7.58. The van der Waals surface area contributed by atoms with Crippen molar-refractivity contribution in [2.24, 2.45) is 0 Å². The third kappa shape index (κ3) is 6.04. The van der Waals surface area contributed by atoms with Crippen LogP contribution in [0.3, 0.4) is 0 Å². The fraction of sp³-hybridized carbons (Fsp3) is 0.353. The highest BCUT2D eigenvalue weighted by atomic mass is 16.5. The largest absolute Gasteiger partial charge is 0.378 e. The molecule has 2 rings (SSSR count). The maximum absolute atomic E-state index is 12.0. The van der Waals surface area contributed by atoms with Crippen molar-refractivity contribution >= 4 is 11.8 Å². The number of carbonyl (C=O) groups excluding carboxylic acids is 1. The summed E-state index contributed by atoms with van der Waals surface area (Å²) in [6.07, 6.45) is 3.20. The predicted octanol–water partition coefficient (Wildman–Crippen LogP) is 2.77. The summed E-state index contributed by atoms with van der Waals surface area (Å²) < 4.78 is 5.01. The van der Waals surface area contributed by atoms with Gasteiger partial charge in [-0.1, -0.05) is 30.3 Å². The molecule has 2 amide bonds. The Morgan fingerprint density at radius 3 is 2.78 bits per heavy atom. The Kier molecular flexibility index (Phi) is 6.50. The third-order valence-corrected chi connectivity index (χ3v) is 3.34. The van der Waals surface area contributed by atoms with Gasteiger partial charge in [0.25, 0.3) is 0 Å². The van der Waals surface area contributed by atoms with Gasteiger partial charge in [-0.3, -0.25) is 5.32 Å². The SMILES string of the molecule is COCc1cc(NC(=O)NC(C)CCc2ccccc2)ncn1. The lowest BCUT2D eigenvalue weighted by Gasteiger charge is -2.14. The number of aromatic nitrogens is 2. The van der Waals surface area contributed by atoms with Gasteiger partial charge in [-0.25, -0.2) is 14.8 Å². The smallest absolute Gasteiger partial charge is 0.320 e. The second-order valence-corrected chi connectivity index (χ2v) is 5.35. The Labute approximate surface area is 136 Å². The van der Waals surface area contributed by atoms with Crippen molar-refractivity contribution in [2.75, 3.05) is 12.4 Å². The molecule has 0 spiro atoms. The van der Waals surface area contributed by atoms with Crippen LogP contribution in [-0.2, 0) is 17.8 Å². The van der Waals surface area contributed by atoms with E-state index in [9.17, 15) is 4.79 Å². The molecule has 0 saturated carbocycles. The Hall–Kier alpha value is -2.47. The number of nitrogens with one attached hydrogen (secondary N) is 2. The molecule has 0 bridgehead atoms. The standard InChI is InChI=1S/C17H22N4O2/c1-13(8-9-14-6-4-3-5-7-14)20-17(22)21-16-10-15(11-23-2)18-12-19-16/h3-7,10,12-13H,8-9,11H2,1-2H3,(H2,18,19,20,21,22). The van der Waals surface area contributed by atoms with Crippen molar-refractivity contribution in [1.82, 2.24) is 15.3 Å². The van der Waals surface area contributed by atoms with Crippen LogP contribution >= 0.6 is 0 Å². The van der Waals surface area contributed by atoms with Gasteiger partial charge in [0.2, 0.25) is 0 Å². The quantitative estimate of drug-likeness (QED) is 0.824. The highest BCUT2D eigenvalue weighted by Crippen LogP contribution is 2.07. The van der Waals surface area contributed by atoms with Crippen LogP contribution in [0, 0.1) is 0 Å². The Morgan fingerprint density at radius 2 is 2.04 bits per heavy atom. The summed E-state index contributed by atoms with van der Waals surface area (Å²) in [4.78, 5) is 20.1. The molecule has 0 aliphatic carbocycles. The molecular formula is C17H22N4O2. The van der Waals surface area contributed by atoms with Crippen LogP contribution in [0.2, 0.25) is 0 Å². The van der Waals surface area contributed by atoms with Crippen molar-refractivity contribution in [2.45, 2.75) is 32.4 Å². The van der Waals surface area contributed by atoms with E-state index in [4.69, 9.17) is 4.74 Å². The lowest BCUT2D eigenvalue weighted by Crippen LogP contribution is -2.36. The fourth-order valence-corrected chi connectivity index (χ4v) is 2.17. The highest BCUT2D eigenvalue weighted by Gasteiger charge is 2.09. The maximum Gasteiger partial charge on any atom is 0.320 e. The molecule has 23 heavy (non-hydrogen) atoms. The summed E-state index contributed by atoms with van der Waals surface area (Å²) in [5.41, 5.74) is 1.98. The van der Waals surface area contributed by atoms with Gasteiger partial charge in [-0.2, -0.15) is 0 Å². The lowest BCUT2D eigenvalue weighted by molar-refractivity contribution is 0.181. The first kappa shape index (κ1) is 16.9. The molecule has 6 heteroatoms. The van der Waals surface area contributed by atoms with Crippen LogP contribution in [0.4, 0.5) is 10.6 Å². The average Bonchev–Trinajstić information content (AvgIpc) is 2.54. The molecule has 1 aromatic heterocycles. The molecule has 0 fully saturated rings. The zero-order valence-electron chi connectivity index (χ0n) is 13.5. The van der Waals surface area contributed by atoms with Gasteiger partial charge in [-0.15, -0.1) is 0 Å².